The first-order valence-electron chi connectivity index (χ1n) is 11.1. The van der Waals surface area contributed by atoms with Gasteiger partial charge in [-0.1, -0.05) is 67.9 Å². The van der Waals surface area contributed by atoms with Gasteiger partial charge in [-0.3, -0.25) is 0 Å². The number of rotatable bonds is 2. The summed E-state index contributed by atoms with van der Waals surface area (Å²) in [6.07, 6.45) is 6.52. The van der Waals surface area contributed by atoms with Crippen LogP contribution in [0.25, 0.3) is 0 Å². The summed E-state index contributed by atoms with van der Waals surface area (Å²) in [4.78, 5) is 12.6. The third kappa shape index (κ3) is 4.42. The number of nitrogens with zero attached hydrogens (tertiary/aromatic N) is 3. The van der Waals surface area contributed by atoms with Crippen LogP contribution in [0.15, 0.2) is 58.5 Å². The largest absolute Gasteiger partial charge is 0.307 e. The van der Waals surface area contributed by atoms with Crippen LogP contribution in [0.5, 0.6) is 0 Å². The van der Waals surface area contributed by atoms with E-state index < -0.39 is 0 Å². The van der Waals surface area contributed by atoms with Crippen molar-refractivity contribution in [2.75, 3.05) is 11.2 Å². The van der Waals surface area contributed by atoms with Gasteiger partial charge in [0.1, 0.15) is 5.54 Å². The fourth-order valence-electron chi connectivity index (χ4n) is 4.92. The maximum atomic E-state index is 6.40. The van der Waals surface area contributed by atoms with Crippen LogP contribution in [0.3, 0.4) is 0 Å². The van der Waals surface area contributed by atoms with E-state index in [2.05, 4.69) is 75.2 Å². The molecule has 0 atom stereocenters. The van der Waals surface area contributed by atoms with Crippen LogP contribution in [0.2, 0.25) is 5.02 Å². The van der Waals surface area contributed by atoms with Crippen LogP contribution in [-0.2, 0) is 0 Å². The predicted octanol–water partition coefficient (Wildman–Crippen LogP) is 7.89. The van der Waals surface area contributed by atoms with Crippen molar-refractivity contribution in [3.63, 3.8) is 0 Å². The van der Waals surface area contributed by atoms with Crippen LogP contribution >= 0.6 is 23.4 Å². The molecule has 5 heteroatoms. The summed E-state index contributed by atoms with van der Waals surface area (Å²) in [5.74, 6) is 1.64. The first kappa shape index (κ1) is 22.4. The van der Waals surface area contributed by atoms with E-state index in [0.29, 0.717) is 11.3 Å². The quantitative estimate of drug-likeness (QED) is 0.462. The number of aryl methyl sites for hydroxylation is 1. The highest BCUT2D eigenvalue weighted by Crippen LogP contribution is 2.49. The monoisotopic (exact) mass is 453 g/mol. The molecular formula is C26H32ClN3S. The fourth-order valence-corrected chi connectivity index (χ4v) is 5.74. The molecule has 0 aromatic heterocycles. The third-order valence-corrected chi connectivity index (χ3v) is 7.67. The first-order valence-corrected chi connectivity index (χ1v) is 12.7. The summed E-state index contributed by atoms with van der Waals surface area (Å²) in [5, 5.41) is 1.75. The van der Waals surface area contributed by atoms with E-state index in [0.717, 1.165) is 40.2 Å². The lowest BCUT2D eigenvalue weighted by Crippen LogP contribution is -2.54. The zero-order valence-corrected chi connectivity index (χ0v) is 20.7. The zero-order chi connectivity index (χ0) is 22.2. The van der Waals surface area contributed by atoms with Gasteiger partial charge in [0.15, 0.2) is 11.0 Å². The Labute approximate surface area is 196 Å². The zero-order valence-electron chi connectivity index (χ0n) is 19.2. The van der Waals surface area contributed by atoms with Crippen molar-refractivity contribution in [2.24, 2.45) is 21.3 Å². The maximum Gasteiger partial charge on any atom is 0.170 e. The molecule has 1 fully saturated rings. The Kier molecular flexibility index (Phi) is 6.24. The lowest BCUT2D eigenvalue weighted by atomic mass is 9.66. The van der Waals surface area contributed by atoms with Crippen LogP contribution < -0.4 is 4.90 Å². The van der Waals surface area contributed by atoms with E-state index in [1.54, 1.807) is 11.8 Å². The highest BCUT2D eigenvalue weighted by atomic mass is 35.5. The molecule has 1 spiro atoms. The van der Waals surface area contributed by atoms with Crippen molar-refractivity contribution in [3.05, 3.63) is 59.1 Å². The topological polar surface area (TPSA) is 28.0 Å². The highest BCUT2D eigenvalue weighted by Gasteiger charge is 2.51. The van der Waals surface area contributed by atoms with E-state index in [4.69, 9.17) is 21.6 Å². The average Bonchev–Trinajstić information content (AvgIpc) is 3.02. The number of thioether (sulfide) groups is 1. The number of anilines is 1. The van der Waals surface area contributed by atoms with Crippen LogP contribution in [0.1, 0.15) is 52.0 Å². The minimum Gasteiger partial charge on any atom is -0.307 e. The van der Waals surface area contributed by atoms with E-state index in [1.807, 2.05) is 12.1 Å². The molecule has 3 nitrogen and oxygen atoms in total. The molecular weight excluding hydrogens is 422 g/mol. The normalized spacial score (nSPS) is 25.4. The standard InChI is InChI=1S/C26H32ClN3S/c1-18-9-11-21(12-10-18)28-23-26(15-13-19(14-16-26)25(2,3)4)30(24(29-23)31-5)22-8-6-7-20(27)17-22/h6-12,17,19H,13-16H2,1-5H3. The molecule has 0 N–H and O–H groups in total. The second-order valence-electron chi connectivity index (χ2n) is 9.86. The third-order valence-electron chi connectivity index (χ3n) is 6.79. The number of benzene rings is 2. The Hall–Kier alpha value is -1.78. The Bertz CT molecular complexity index is 996. The Morgan fingerprint density at radius 1 is 1.10 bits per heavy atom. The van der Waals surface area contributed by atoms with Crippen LogP contribution in [-0.4, -0.2) is 22.8 Å². The molecule has 2 aliphatic rings. The highest BCUT2D eigenvalue weighted by molar-refractivity contribution is 8.13. The Morgan fingerprint density at radius 3 is 2.35 bits per heavy atom. The fraction of sp³-hybridized carbons (Fsp3) is 0.462. The molecule has 0 saturated heterocycles. The van der Waals surface area contributed by atoms with Crippen molar-refractivity contribution in [1.82, 2.24) is 0 Å². The molecule has 1 aliphatic heterocycles. The molecule has 1 saturated carbocycles. The van der Waals surface area contributed by atoms with E-state index in [-0.39, 0.29) is 5.54 Å². The molecule has 0 amide bonds. The van der Waals surface area contributed by atoms with Gasteiger partial charge < -0.3 is 4.90 Å². The number of hydrogen-bond donors (Lipinski definition) is 0. The summed E-state index contributed by atoms with van der Waals surface area (Å²) >= 11 is 8.09. The number of halogens is 1. The molecule has 1 aliphatic carbocycles. The molecule has 0 unspecified atom stereocenters. The van der Waals surface area contributed by atoms with Gasteiger partial charge in [0.25, 0.3) is 0 Å². The summed E-state index contributed by atoms with van der Waals surface area (Å²) in [7, 11) is 0. The number of hydrogen-bond acceptors (Lipinski definition) is 3. The van der Waals surface area contributed by atoms with Crippen molar-refractivity contribution in [1.29, 1.82) is 0 Å². The average molecular weight is 454 g/mol. The predicted molar refractivity (Wildman–Crippen MR) is 137 cm³/mol. The SMILES string of the molecule is CSC1=NC(=Nc2ccc(C)cc2)C2(CCC(C(C)(C)C)CC2)N1c1cccc(Cl)c1. The minimum absolute atomic E-state index is 0.227. The van der Waals surface area contributed by atoms with Gasteiger partial charge in [0, 0.05) is 10.7 Å². The molecule has 0 radical (unpaired) electrons. The van der Waals surface area contributed by atoms with Crippen LogP contribution in [0.4, 0.5) is 11.4 Å². The van der Waals surface area contributed by atoms with Crippen molar-refractivity contribution >= 4 is 45.7 Å². The van der Waals surface area contributed by atoms with Crippen molar-refractivity contribution in [2.45, 2.75) is 58.9 Å². The molecule has 2 aromatic carbocycles. The smallest absolute Gasteiger partial charge is 0.170 e. The summed E-state index contributed by atoms with van der Waals surface area (Å²) < 4.78 is 0. The van der Waals surface area contributed by atoms with Gasteiger partial charge in [-0.2, -0.15) is 0 Å². The molecule has 0 bridgehead atoms. The molecule has 2 aromatic rings. The molecule has 164 valence electrons. The Balaban J connectivity index is 1.80. The summed E-state index contributed by atoms with van der Waals surface area (Å²) in [6, 6.07) is 16.6. The van der Waals surface area contributed by atoms with Gasteiger partial charge in [0.05, 0.1) is 5.69 Å². The summed E-state index contributed by atoms with van der Waals surface area (Å²) in [6.45, 7) is 9.20. The molecule has 1 heterocycles. The molecule has 4 rings (SSSR count). The molecule has 31 heavy (non-hydrogen) atoms. The van der Waals surface area contributed by atoms with E-state index in [9.17, 15) is 0 Å². The van der Waals surface area contributed by atoms with E-state index >= 15 is 0 Å². The second-order valence-corrected chi connectivity index (χ2v) is 11.1. The van der Waals surface area contributed by atoms with E-state index in [1.165, 1.54) is 18.4 Å². The van der Waals surface area contributed by atoms with Crippen LogP contribution in [0, 0.1) is 18.3 Å². The lowest BCUT2D eigenvalue weighted by molar-refractivity contribution is 0.158. The van der Waals surface area contributed by atoms with Gasteiger partial charge >= 0.3 is 0 Å². The minimum atomic E-state index is -0.227. The Morgan fingerprint density at radius 2 is 1.77 bits per heavy atom. The lowest BCUT2D eigenvalue weighted by Gasteiger charge is -2.47. The van der Waals surface area contributed by atoms with Crippen molar-refractivity contribution in [3.8, 4) is 0 Å². The van der Waals surface area contributed by atoms with Gasteiger partial charge in [-0.25, -0.2) is 9.98 Å². The van der Waals surface area contributed by atoms with Gasteiger partial charge in [-0.15, -0.1) is 0 Å². The first-order chi connectivity index (χ1) is 14.7. The van der Waals surface area contributed by atoms with Gasteiger partial charge in [-0.05, 0) is 80.5 Å². The second kappa shape index (κ2) is 8.63. The number of amidine groups is 2. The maximum absolute atomic E-state index is 6.40. The summed E-state index contributed by atoms with van der Waals surface area (Å²) in [5.41, 5.74) is 3.40. The van der Waals surface area contributed by atoms with Gasteiger partial charge in [0.2, 0.25) is 0 Å². The number of aliphatic imine (C=N–C) groups is 2. The van der Waals surface area contributed by atoms with Crippen molar-refractivity contribution < 1.29 is 0 Å².